The summed E-state index contributed by atoms with van der Waals surface area (Å²) >= 11 is 1.76. The molecule has 3 aliphatic carbocycles. The van der Waals surface area contributed by atoms with E-state index in [1.807, 2.05) is 24.0 Å². The van der Waals surface area contributed by atoms with Gasteiger partial charge in [-0.25, -0.2) is 4.39 Å². The Bertz CT molecular complexity index is 1390. The molecule has 2 unspecified atom stereocenters. The molecule has 2 amide bonds. The van der Waals surface area contributed by atoms with Crippen LogP contribution in [0.3, 0.4) is 0 Å². The van der Waals surface area contributed by atoms with Gasteiger partial charge in [0.25, 0.3) is 5.91 Å². The Morgan fingerprint density at radius 2 is 1.97 bits per heavy atom. The van der Waals surface area contributed by atoms with Crippen molar-refractivity contribution in [2.24, 2.45) is 22.2 Å². The van der Waals surface area contributed by atoms with Gasteiger partial charge in [0.15, 0.2) is 0 Å². The molecule has 2 saturated carbocycles. The zero-order valence-corrected chi connectivity index (χ0v) is 21.5. The topological polar surface area (TPSA) is 53.0 Å². The Labute approximate surface area is 214 Å². The minimum absolute atomic E-state index is 0.0186. The van der Waals surface area contributed by atoms with Crippen LogP contribution in [0, 0.1) is 24.2 Å². The number of aryl methyl sites for hydroxylation is 1. The first-order valence-electron chi connectivity index (χ1n) is 13.0. The molecule has 0 bridgehead atoms. The maximum atomic E-state index is 15.7. The van der Waals surface area contributed by atoms with Crippen molar-refractivity contribution < 1.29 is 14.0 Å². The molecule has 36 heavy (non-hydrogen) atoms. The van der Waals surface area contributed by atoms with E-state index < -0.39 is 17.6 Å². The monoisotopic (exact) mass is 503 g/mol. The number of likely N-dealkylation sites (tertiary alicyclic amines) is 1. The lowest BCUT2D eigenvalue weighted by atomic mass is 9.89. The molecule has 3 heterocycles. The zero-order chi connectivity index (χ0) is 24.8. The number of amidine groups is 1. The van der Waals surface area contributed by atoms with Crippen molar-refractivity contribution in [2.45, 2.75) is 51.2 Å². The van der Waals surface area contributed by atoms with E-state index in [2.05, 4.69) is 31.2 Å². The molecule has 2 atom stereocenters. The SMILES string of the molecule is Cc1cc2cc(C3=CC(F)C(C4=NC5(CC5)C(=O)N4CC4CN(C(=O)C5(C)CC5)C4)C=C3)ccc2s1. The molecule has 5 aliphatic rings. The third-order valence-corrected chi connectivity index (χ3v) is 9.64. The number of halogens is 1. The number of hydrogen-bond acceptors (Lipinski definition) is 4. The predicted molar refractivity (Wildman–Crippen MR) is 141 cm³/mol. The van der Waals surface area contributed by atoms with Crippen LogP contribution in [0.2, 0.25) is 0 Å². The van der Waals surface area contributed by atoms with Crippen LogP contribution >= 0.6 is 11.3 Å². The first-order valence-corrected chi connectivity index (χ1v) is 13.8. The summed E-state index contributed by atoms with van der Waals surface area (Å²) in [6.07, 6.45) is 7.72. The number of alkyl halides is 1. The van der Waals surface area contributed by atoms with E-state index in [4.69, 9.17) is 4.99 Å². The largest absolute Gasteiger partial charge is 0.341 e. The van der Waals surface area contributed by atoms with Gasteiger partial charge in [-0.15, -0.1) is 11.3 Å². The number of nitrogens with zero attached hydrogens (tertiary/aromatic N) is 3. The van der Waals surface area contributed by atoms with Crippen molar-refractivity contribution >= 4 is 44.6 Å². The summed E-state index contributed by atoms with van der Waals surface area (Å²) in [7, 11) is 0. The molecule has 7 rings (SSSR count). The van der Waals surface area contributed by atoms with Gasteiger partial charge in [-0.05, 0) is 73.4 Å². The van der Waals surface area contributed by atoms with Crippen molar-refractivity contribution in [1.82, 2.24) is 9.80 Å². The lowest BCUT2D eigenvalue weighted by molar-refractivity contribution is -0.143. The number of allylic oxidation sites excluding steroid dienone is 3. The summed E-state index contributed by atoms with van der Waals surface area (Å²) in [5, 5.41) is 1.18. The summed E-state index contributed by atoms with van der Waals surface area (Å²) in [6.45, 7) is 5.99. The Balaban J connectivity index is 1.08. The summed E-state index contributed by atoms with van der Waals surface area (Å²) in [6, 6.07) is 8.44. The smallest absolute Gasteiger partial charge is 0.255 e. The number of carbonyl (C=O) groups is 2. The van der Waals surface area contributed by atoms with Gasteiger partial charge in [-0.2, -0.15) is 0 Å². The Morgan fingerprint density at radius 3 is 2.67 bits per heavy atom. The van der Waals surface area contributed by atoms with Gasteiger partial charge in [0.1, 0.15) is 17.5 Å². The van der Waals surface area contributed by atoms with E-state index in [9.17, 15) is 9.59 Å². The highest BCUT2D eigenvalue weighted by molar-refractivity contribution is 7.19. The summed E-state index contributed by atoms with van der Waals surface area (Å²) in [5.41, 5.74) is 1.05. The van der Waals surface area contributed by atoms with E-state index in [1.54, 1.807) is 22.3 Å². The third-order valence-electron chi connectivity index (χ3n) is 8.61. The highest BCUT2D eigenvalue weighted by Crippen LogP contribution is 2.49. The Hall–Kier alpha value is -2.80. The van der Waals surface area contributed by atoms with Crippen molar-refractivity contribution in [3.05, 3.63) is 52.9 Å². The minimum atomic E-state index is -1.25. The second-order valence-corrected chi connectivity index (χ2v) is 12.9. The third kappa shape index (κ3) is 3.50. The van der Waals surface area contributed by atoms with Gasteiger partial charge in [0, 0.05) is 40.5 Å². The fourth-order valence-electron chi connectivity index (χ4n) is 5.87. The lowest BCUT2D eigenvalue weighted by Crippen LogP contribution is -2.57. The van der Waals surface area contributed by atoms with E-state index >= 15 is 4.39 Å². The maximum Gasteiger partial charge on any atom is 0.255 e. The fraction of sp³-hybridized carbons (Fsp3) is 0.483. The van der Waals surface area contributed by atoms with Crippen LogP contribution in [-0.4, -0.2) is 58.8 Å². The van der Waals surface area contributed by atoms with Gasteiger partial charge < -0.3 is 4.90 Å². The molecular weight excluding hydrogens is 473 g/mol. The van der Waals surface area contributed by atoms with Gasteiger partial charge >= 0.3 is 0 Å². The summed E-state index contributed by atoms with van der Waals surface area (Å²) in [5.74, 6) is 0.487. The Morgan fingerprint density at radius 1 is 1.19 bits per heavy atom. The zero-order valence-electron chi connectivity index (χ0n) is 20.7. The molecule has 0 N–H and O–H groups in total. The molecule has 0 radical (unpaired) electrons. The molecule has 2 aromatic rings. The molecule has 186 valence electrons. The molecule has 1 aromatic carbocycles. The van der Waals surface area contributed by atoms with E-state index in [-0.39, 0.29) is 23.1 Å². The molecule has 1 spiro atoms. The molecule has 2 aliphatic heterocycles. The Kier molecular flexibility index (Phi) is 4.73. The second kappa shape index (κ2) is 7.60. The number of benzene rings is 1. The van der Waals surface area contributed by atoms with Crippen LogP contribution in [0.5, 0.6) is 0 Å². The van der Waals surface area contributed by atoms with Crippen LogP contribution in [0.1, 0.15) is 43.0 Å². The molecule has 7 heteroatoms. The van der Waals surface area contributed by atoms with E-state index in [1.165, 1.54) is 15.0 Å². The van der Waals surface area contributed by atoms with Gasteiger partial charge in [-0.1, -0.05) is 25.1 Å². The summed E-state index contributed by atoms with van der Waals surface area (Å²) < 4.78 is 16.9. The fourth-order valence-corrected chi connectivity index (χ4v) is 6.78. The van der Waals surface area contributed by atoms with Crippen LogP contribution in [0.4, 0.5) is 4.39 Å². The highest BCUT2D eigenvalue weighted by atomic mass is 32.1. The first-order chi connectivity index (χ1) is 17.2. The highest BCUT2D eigenvalue weighted by Gasteiger charge is 2.59. The number of amides is 2. The van der Waals surface area contributed by atoms with Gasteiger partial charge in [0.2, 0.25) is 5.91 Å². The van der Waals surface area contributed by atoms with Gasteiger partial charge in [0.05, 0.1) is 5.92 Å². The van der Waals surface area contributed by atoms with Gasteiger partial charge in [-0.3, -0.25) is 19.5 Å². The van der Waals surface area contributed by atoms with Crippen LogP contribution in [0.25, 0.3) is 15.7 Å². The van der Waals surface area contributed by atoms with Crippen LogP contribution < -0.4 is 0 Å². The summed E-state index contributed by atoms with van der Waals surface area (Å²) in [4.78, 5) is 35.6. The van der Waals surface area contributed by atoms with Crippen molar-refractivity contribution in [3.8, 4) is 0 Å². The molecule has 1 aromatic heterocycles. The van der Waals surface area contributed by atoms with Crippen molar-refractivity contribution in [3.63, 3.8) is 0 Å². The van der Waals surface area contributed by atoms with Crippen molar-refractivity contribution in [2.75, 3.05) is 19.6 Å². The average Bonchev–Trinajstić information content (AvgIpc) is 3.72. The number of fused-ring (bicyclic) bond motifs is 1. The number of carbonyl (C=O) groups excluding carboxylic acids is 2. The first kappa shape index (κ1) is 22.4. The molecule has 1 saturated heterocycles. The van der Waals surface area contributed by atoms with Crippen LogP contribution in [0.15, 0.2) is 47.5 Å². The van der Waals surface area contributed by atoms with Crippen LogP contribution in [-0.2, 0) is 9.59 Å². The van der Waals surface area contributed by atoms with Crippen molar-refractivity contribution in [1.29, 1.82) is 0 Å². The lowest BCUT2D eigenvalue weighted by Gasteiger charge is -2.42. The number of thiophene rings is 1. The average molecular weight is 504 g/mol. The quantitative estimate of drug-likeness (QED) is 0.567. The number of rotatable bonds is 5. The van der Waals surface area contributed by atoms with E-state index in [0.29, 0.717) is 25.5 Å². The molecule has 5 nitrogen and oxygen atoms in total. The minimum Gasteiger partial charge on any atom is -0.341 e. The predicted octanol–water partition coefficient (Wildman–Crippen LogP) is 5.15. The van der Waals surface area contributed by atoms with E-state index in [0.717, 1.165) is 36.8 Å². The maximum absolute atomic E-state index is 15.7. The number of aliphatic imine (C=N–C) groups is 1. The second-order valence-electron chi connectivity index (χ2n) is 11.6. The standard InChI is InChI=1S/C29H30FN3O2S/c1-17-11-21-12-19(4-6-24(21)36-17)20-3-5-22(23(30)13-20)25-31-29(9-10-29)27(35)33(25)16-18-14-32(15-18)26(34)28(2)7-8-28/h3-6,11-13,18,22-23H,7-10,14-16H2,1-2H3. The normalized spacial score (nSPS) is 27.9. The molecule has 3 fully saturated rings. The molecular formula is C29H30FN3O2S. The number of hydrogen-bond donors (Lipinski definition) is 0.